The fraction of sp³-hybridized carbons (Fsp3) is 0.833. The summed E-state index contributed by atoms with van der Waals surface area (Å²) in [7, 11) is 0. The van der Waals surface area contributed by atoms with Crippen molar-refractivity contribution in [2.45, 2.75) is 38.6 Å². The highest BCUT2D eigenvalue weighted by Gasteiger charge is 2.30. The quantitative estimate of drug-likeness (QED) is 0.689. The number of amides is 2. The zero-order valence-corrected chi connectivity index (χ0v) is 11.6. The van der Waals surface area contributed by atoms with Gasteiger partial charge in [-0.25, -0.2) is 0 Å². The highest BCUT2D eigenvalue weighted by atomic mass is 35.5. The molecule has 2 heterocycles. The second-order valence-corrected chi connectivity index (χ2v) is 5.47. The molecular formula is C12H22ClN3O2. The minimum atomic E-state index is -0.317. The van der Waals surface area contributed by atoms with Gasteiger partial charge in [0.05, 0.1) is 0 Å². The summed E-state index contributed by atoms with van der Waals surface area (Å²) >= 11 is 0. The van der Waals surface area contributed by atoms with Gasteiger partial charge < -0.3 is 16.0 Å². The highest BCUT2D eigenvalue weighted by molar-refractivity contribution is 5.90. The van der Waals surface area contributed by atoms with Gasteiger partial charge in [-0.05, 0) is 31.2 Å². The van der Waals surface area contributed by atoms with Crippen molar-refractivity contribution < 1.29 is 9.59 Å². The maximum Gasteiger partial charge on any atom is 0.242 e. The monoisotopic (exact) mass is 275 g/mol. The maximum absolute atomic E-state index is 11.8. The molecule has 2 aliphatic rings. The molecule has 0 aromatic heterocycles. The molecule has 104 valence electrons. The van der Waals surface area contributed by atoms with Gasteiger partial charge in [0, 0.05) is 19.5 Å². The fourth-order valence-corrected chi connectivity index (χ4v) is 2.50. The van der Waals surface area contributed by atoms with Gasteiger partial charge in [-0.1, -0.05) is 6.92 Å². The van der Waals surface area contributed by atoms with Gasteiger partial charge in [0.25, 0.3) is 0 Å². The molecule has 5 nitrogen and oxygen atoms in total. The molecular weight excluding hydrogens is 254 g/mol. The van der Waals surface area contributed by atoms with Crippen LogP contribution in [0.15, 0.2) is 0 Å². The molecule has 3 N–H and O–H groups in total. The van der Waals surface area contributed by atoms with E-state index < -0.39 is 0 Å². The first-order valence-corrected chi connectivity index (χ1v) is 6.37. The second kappa shape index (κ2) is 6.38. The Morgan fingerprint density at radius 1 is 1.56 bits per heavy atom. The van der Waals surface area contributed by atoms with Gasteiger partial charge in [-0.3, -0.25) is 9.59 Å². The number of nitrogens with one attached hydrogen (secondary N) is 3. The standard InChI is InChI=1S/C12H21N3O2.ClH/c1-12(5-2-6-13-7-12)8-14-11(17)9-3-4-10(16)15-9;/h9,13H,2-8H2,1H3,(H,14,17)(H,15,16);1H. The van der Waals surface area contributed by atoms with Crippen LogP contribution in [-0.4, -0.2) is 37.5 Å². The normalized spacial score (nSPS) is 31.4. The molecule has 2 amide bonds. The van der Waals surface area contributed by atoms with Crippen LogP contribution < -0.4 is 16.0 Å². The molecule has 2 saturated heterocycles. The Kier molecular flexibility index (Phi) is 5.41. The summed E-state index contributed by atoms with van der Waals surface area (Å²) in [6.07, 6.45) is 3.39. The molecule has 0 aliphatic carbocycles. The summed E-state index contributed by atoms with van der Waals surface area (Å²) in [5.41, 5.74) is 0.149. The first-order valence-electron chi connectivity index (χ1n) is 6.37. The average Bonchev–Trinajstić information content (AvgIpc) is 2.74. The van der Waals surface area contributed by atoms with Gasteiger partial charge in [-0.2, -0.15) is 0 Å². The molecule has 0 aromatic carbocycles. The number of hydrogen-bond acceptors (Lipinski definition) is 3. The van der Waals surface area contributed by atoms with Crippen LogP contribution in [0.1, 0.15) is 32.6 Å². The van der Waals surface area contributed by atoms with Crippen molar-refractivity contribution in [2.24, 2.45) is 5.41 Å². The maximum atomic E-state index is 11.8. The number of carbonyl (C=O) groups is 2. The van der Waals surface area contributed by atoms with E-state index in [9.17, 15) is 9.59 Å². The SMILES string of the molecule is CC1(CNC(=O)C2CCC(=O)N2)CCCNC1.Cl. The van der Waals surface area contributed by atoms with Crippen molar-refractivity contribution in [3.05, 3.63) is 0 Å². The Hall–Kier alpha value is -0.810. The predicted molar refractivity (Wildman–Crippen MR) is 71.6 cm³/mol. The lowest BCUT2D eigenvalue weighted by Crippen LogP contribution is -2.49. The van der Waals surface area contributed by atoms with Crippen LogP contribution in [0.3, 0.4) is 0 Å². The smallest absolute Gasteiger partial charge is 0.242 e. The minimum Gasteiger partial charge on any atom is -0.354 e. The Morgan fingerprint density at radius 3 is 2.89 bits per heavy atom. The van der Waals surface area contributed by atoms with Gasteiger partial charge in [0.15, 0.2) is 0 Å². The van der Waals surface area contributed by atoms with E-state index in [-0.39, 0.29) is 35.7 Å². The Balaban J connectivity index is 0.00000162. The molecule has 6 heteroatoms. The number of hydrogen-bond donors (Lipinski definition) is 3. The lowest BCUT2D eigenvalue weighted by molar-refractivity contribution is -0.126. The number of carbonyl (C=O) groups excluding carboxylic acids is 2. The van der Waals surface area contributed by atoms with Gasteiger partial charge in [0.1, 0.15) is 6.04 Å². The molecule has 0 spiro atoms. The largest absolute Gasteiger partial charge is 0.354 e. The van der Waals surface area contributed by atoms with Crippen LogP contribution in [0.4, 0.5) is 0 Å². The third kappa shape index (κ3) is 3.85. The fourth-order valence-electron chi connectivity index (χ4n) is 2.50. The Morgan fingerprint density at radius 2 is 2.33 bits per heavy atom. The lowest BCUT2D eigenvalue weighted by Gasteiger charge is -2.34. The molecule has 0 aromatic rings. The van der Waals surface area contributed by atoms with Crippen LogP contribution in [0.5, 0.6) is 0 Å². The van der Waals surface area contributed by atoms with E-state index in [0.717, 1.165) is 25.9 Å². The van der Waals surface area contributed by atoms with Gasteiger partial charge in [0.2, 0.25) is 11.8 Å². The molecule has 0 radical (unpaired) electrons. The molecule has 2 unspecified atom stereocenters. The second-order valence-electron chi connectivity index (χ2n) is 5.47. The van der Waals surface area contributed by atoms with Crippen LogP contribution in [0.2, 0.25) is 0 Å². The number of halogens is 1. The van der Waals surface area contributed by atoms with Crippen molar-refractivity contribution in [3.63, 3.8) is 0 Å². The van der Waals surface area contributed by atoms with Crippen molar-refractivity contribution >= 4 is 24.2 Å². The van der Waals surface area contributed by atoms with Crippen molar-refractivity contribution in [3.8, 4) is 0 Å². The van der Waals surface area contributed by atoms with Crippen molar-refractivity contribution in [1.82, 2.24) is 16.0 Å². The topological polar surface area (TPSA) is 70.2 Å². The van der Waals surface area contributed by atoms with E-state index in [0.29, 0.717) is 19.4 Å². The van der Waals surface area contributed by atoms with Crippen LogP contribution in [-0.2, 0) is 9.59 Å². The Labute approximate surface area is 114 Å². The molecule has 2 fully saturated rings. The van der Waals surface area contributed by atoms with Gasteiger partial charge in [-0.15, -0.1) is 12.4 Å². The van der Waals surface area contributed by atoms with Crippen molar-refractivity contribution in [2.75, 3.05) is 19.6 Å². The minimum absolute atomic E-state index is 0. The third-order valence-electron chi connectivity index (χ3n) is 3.69. The highest BCUT2D eigenvalue weighted by Crippen LogP contribution is 2.24. The number of rotatable bonds is 3. The van der Waals surface area contributed by atoms with E-state index in [1.807, 2.05) is 0 Å². The average molecular weight is 276 g/mol. The van der Waals surface area contributed by atoms with Crippen LogP contribution in [0, 0.1) is 5.41 Å². The summed E-state index contributed by atoms with van der Waals surface area (Å²) < 4.78 is 0. The van der Waals surface area contributed by atoms with E-state index in [1.165, 1.54) is 0 Å². The zero-order chi connectivity index (χ0) is 12.3. The molecule has 18 heavy (non-hydrogen) atoms. The summed E-state index contributed by atoms with van der Waals surface area (Å²) in [5, 5.41) is 9.00. The Bertz CT molecular complexity index is 316. The van der Waals surface area contributed by atoms with Crippen LogP contribution >= 0.6 is 12.4 Å². The van der Waals surface area contributed by atoms with Crippen molar-refractivity contribution in [1.29, 1.82) is 0 Å². The van der Waals surface area contributed by atoms with E-state index in [1.54, 1.807) is 0 Å². The van der Waals surface area contributed by atoms with E-state index >= 15 is 0 Å². The first kappa shape index (κ1) is 15.2. The summed E-state index contributed by atoms with van der Waals surface area (Å²) in [4.78, 5) is 22.9. The number of piperidine rings is 1. The third-order valence-corrected chi connectivity index (χ3v) is 3.69. The zero-order valence-electron chi connectivity index (χ0n) is 10.8. The molecule has 2 atom stereocenters. The van der Waals surface area contributed by atoms with Gasteiger partial charge >= 0.3 is 0 Å². The first-order chi connectivity index (χ1) is 8.09. The van der Waals surface area contributed by atoms with E-state index in [4.69, 9.17) is 0 Å². The summed E-state index contributed by atoms with van der Waals surface area (Å²) in [6, 6.07) is -0.317. The lowest BCUT2D eigenvalue weighted by atomic mass is 9.83. The predicted octanol–water partition coefficient (Wildman–Crippen LogP) is 0.193. The molecule has 2 aliphatic heterocycles. The molecule has 0 saturated carbocycles. The van der Waals surface area contributed by atoms with Crippen LogP contribution in [0.25, 0.3) is 0 Å². The van der Waals surface area contributed by atoms with E-state index in [2.05, 4.69) is 22.9 Å². The summed E-state index contributed by atoms with van der Waals surface area (Å²) in [6.45, 7) is 4.89. The summed E-state index contributed by atoms with van der Waals surface area (Å²) in [5.74, 6) is -0.0571. The molecule has 2 rings (SSSR count). The molecule has 0 bridgehead atoms.